The van der Waals surface area contributed by atoms with Gasteiger partial charge in [-0.1, -0.05) is 6.92 Å². The number of nitrogens with zero attached hydrogens (tertiary/aromatic N) is 2. The van der Waals surface area contributed by atoms with E-state index < -0.39 is 14.8 Å². The van der Waals surface area contributed by atoms with Crippen LogP contribution in [0.15, 0.2) is 23.1 Å². The lowest BCUT2D eigenvalue weighted by Gasteiger charge is -2.33. The number of benzene rings is 1. The maximum atomic E-state index is 11.9. The summed E-state index contributed by atoms with van der Waals surface area (Å²) in [4.78, 5) is 12.7. The first-order valence-corrected chi connectivity index (χ1v) is 8.50. The molecule has 0 radical (unpaired) electrons. The van der Waals surface area contributed by atoms with E-state index in [1.54, 1.807) is 6.07 Å². The van der Waals surface area contributed by atoms with Gasteiger partial charge in [-0.15, -0.1) is 0 Å². The minimum absolute atomic E-state index is 0.00336. The molecule has 0 aliphatic carbocycles. The molecule has 0 unspecified atom stereocenters. The maximum Gasteiger partial charge on any atom is 0.293 e. The van der Waals surface area contributed by atoms with E-state index in [-0.39, 0.29) is 22.4 Å². The molecule has 0 bridgehead atoms. The molecule has 1 aliphatic heterocycles. The van der Waals surface area contributed by atoms with Crippen LogP contribution in [-0.4, -0.2) is 44.8 Å². The second-order valence-electron chi connectivity index (χ2n) is 5.11. The van der Waals surface area contributed by atoms with Gasteiger partial charge in [0.15, 0.2) is 9.84 Å². The highest BCUT2D eigenvalue weighted by Crippen LogP contribution is 2.31. The van der Waals surface area contributed by atoms with Gasteiger partial charge in [0, 0.05) is 31.7 Å². The molecule has 1 heterocycles. The summed E-state index contributed by atoms with van der Waals surface area (Å²) in [6.07, 6.45) is 0. The molecule has 21 heavy (non-hydrogen) atoms. The molecule has 1 N–H and O–H groups in total. The molecular formula is C13H19N3O4S. The number of nitro benzene ring substituents is 1. The highest BCUT2D eigenvalue weighted by molar-refractivity contribution is 7.91. The molecule has 7 nitrogen and oxygen atoms in total. The van der Waals surface area contributed by atoms with E-state index in [1.807, 2.05) is 11.8 Å². The second kappa shape index (κ2) is 5.98. The van der Waals surface area contributed by atoms with Gasteiger partial charge < -0.3 is 10.2 Å². The summed E-state index contributed by atoms with van der Waals surface area (Å²) in [6, 6.07) is 4.39. The summed E-state index contributed by atoms with van der Waals surface area (Å²) >= 11 is 0. The van der Waals surface area contributed by atoms with Crippen molar-refractivity contribution < 1.29 is 13.3 Å². The topological polar surface area (TPSA) is 92.6 Å². The normalized spacial score (nSPS) is 19.5. The van der Waals surface area contributed by atoms with Crippen LogP contribution in [0.4, 0.5) is 11.4 Å². The second-order valence-corrected chi connectivity index (χ2v) is 7.39. The van der Waals surface area contributed by atoms with Gasteiger partial charge >= 0.3 is 0 Å². The number of nitrogens with one attached hydrogen (secondary N) is 1. The molecule has 2 rings (SSSR count). The lowest BCUT2D eigenvalue weighted by molar-refractivity contribution is -0.384. The molecule has 1 aliphatic rings. The number of hydrogen-bond acceptors (Lipinski definition) is 6. The smallest absolute Gasteiger partial charge is 0.293 e. The zero-order valence-electron chi connectivity index (χ0n) is 12.1. The van der Waals surface area contributed by atoms with Crippen LogP contribution < -0.4 is 10.2 Å². The van der Waals surface area contributed by atoms with Gasteiger partial charge in [-0.25, -0.2) is 8.42 Å². The third-order valence-corrected chi connectivity index (χ3v) is 5.32. The van der Waals surface area contributed by atoms with E-state index in [2.05, 4.69) is 5.32 Å². The van der Waals surface area contributed by atoms with Crippen molar-refractivity contribution in [2.45, 2.75) is 24.8 Å². The van der Waals surface area contributed by atoms with Crippen molar-refractivity contribution >= 4 is 21.2 Å². The van der Waals surface area contributed by atoms with Crippen LogP contribution in [0, 0.1) is 10.1 Å². The molecule has 1 saturated heterocycles. The Bertz CT molecular complexity index is 645. The molecule has 0 spiro atoms. The van der Waals surface area contributed by atoms with Crippen LogP contribution in [0.25, 0.3) is 0 Å². The summed E-state index contributed by atoms with van der Waals surface area (Å²) in [5, 5.41) is 14.5. The van der Waals surface area contributed by atoms with Gasteiger partial charge in [0.25, 0.3) is 5.69 Å². The first kappa shape index (κ1) is 15.7. The summed E-state index contributed by atoms with van der Waals surface area (Å²) in [6.45, 7) is 5.58. The molecule has 1 fully saturated rings. The van der Waals surface area contributed by atoms with Gasteiger partial charge in [0.2, 0.25) is 0 Å². The van der Waals surface area contributed by atoms with E-state index in [0.717, 1.165) is 6.54 Å². The van der Waals surface area contributed by atoms with Crippen LogP contribution >= 0.6 is 0 Å². The molecular weight excluding hydrogens is 294 g/mol. The predicted octanol–water partition coefficient (Wildman–Crippen LogP) is 1.19. The summed E-state index contributed by atoms with van der Waals surface area (Å²) < 4.78 is 23.7. The molecule has 1 atom stereocenters. The number of piperazine rings is 1. The lowest BCUT2D eigenvalue weighted by Crippen LogP contribution is -2.49. The Hall–Kier alpha value is -1.67. The van der Waals surface area contributed by atoms with E-state index in [1.165, 1.54) is 19.1 Å². The zero-order chi connectivity index (χ0) is 15.6. The van der Waals surface area contributed by atoms with Gasteiger partial charge in [0.1, 0.15) is 5.69 Å². The van der Waals surface area contributed by atoms with E-state index in [9.17, 15) is 18.5 Å². The summed E-state index contributed by atoms with van der Waals surface area (Å²) in [7, 11) is -3.45. The molecule has 116 valence electrons. The van der Waals surface area contributed by atoms with Gasteiger partial charge in [-0.3, -0.25) is 10.1 Å². The van der Waals surface area contributed by atoms with Crippen LogP contribution in [0.2, 0.25) is 0 Å². The Balaban J connectivity index is 2.45. The van der Waals surface area contributed by atoms with Crippen LogP contribution in [0.1, 0.15) is 13.8 Å². The number of nitro groups is 1. The first-order chi connectivity index (χ1) is 9.85. The average Bonchev–Trinajstić information content (AvgIpc) is 2.46. The van der Waals surface area contributed by atoms with Gasteiger partial charge in [-0.2, -0.15) is 0 Å². The minimum atomic E-state index is -3.45. The standard InChI is InChI=1S/C13H19N3O4S/c1-3-21(19,20)11-4-5-12(13(8-11)16(17)18)15-7-6-14-10(2)9-15/h4-5,8,10,14H,3,6-7,9H2,1-2H3/t10-/m0/s1. The average molecular weight is 313 g/mol. The van der Waals surface area contributed by atoms with Crippen LogP contribution in [0.3, 0.4) is 0 Å². The Morgan fingerprint density at radius 2 is 2.19 bits per heavy atom. The predicted molar refractivity (Wildman–Crippen MR) is 80.5 cm³/mol. The Labute approximate surface area is 124 Å². The minimum Gasteiger partial charge on any atom is -0.363 e. The van der Waals surface area contributed by atoms with Crippen molar-refractivity contribution in [3.05, 3.63) is 28.3 Å². The third kappa shape index (κ3) is 3.33. The van der Waals surface area contributed by atoms with Crippen molar-refractivity contribution in [3.8, 4) is 0 Å². The number of rotatable bonds is 4. The largest absolute Gasteiger partial charge is 0.363 e. The fourth-order valence-electron chi connectivity index (χ4n) is 2.43. The quantitative estimate of drug-likeness (QED) is 0.663. The Morgan fingerprint density at radius 3 is 2.76 bits per heavy atom. The van der Waals surface area contributed by atoms with Crippen molar-refractivity contribution in [1.82, 2.24) is 5.32 Å². The summed E-state index contributed by atoms with van der Waals surface area (Å²) in [5.74, 6) is -0.0752. The van der Waals surface area contributed by atoms with Gasteiger partial charge in [-0.05, 0) is 19.1 Å². The van der Waals surface area contributed by atoms with E-state index in [0.29, 0.717) is 18.8 Å². The highest BCUT2D eigenvalue weighted by Gasteiger charge is 2.25. The van der Waals surface area contributed by atoms with Crippen molar-refractivity contribution in [3.63, 3.8) is 0 Å². The first-order valence-electron chi connectivity index (χ1n) is 6.84. The fourth-order valence-corrected chi connectivity index (χ4v) is 3.33. The van der Waals surface area contributed by atoms with Crippen molar-refractivity contribution in [2.24, 2.45) is 0 Å². The lowest BCUT2D eigenvalue weighted by atomic mass is 10.2. The molecule has 1 aromatic rings. The van der Waals surface area contributed by atoms with E-state index >= 15 is 0 Å². The maximum absolute atomic E-state index is 11.9. The zero-order valence-corrected chi connectivity index (χ0v) is 12.9. The summed E-state index contributed by atoms with van der Waals surface area (Å²) in [5.41, 5.74) is 0.321. The highest BCUT2D eigenvalue weighted by atomic mass is 32.2. The van der Waals surface area contributed by atoms with Crippen molar-refractivity contribution in [2.75, 3.05) is 30.3 Å². The van der Waals surface area contributed by atoms with Crippen molar-refractivity contribution in [1.29, 1.82) is 0 Å². The number of sulfone groups is 1. The SMILES string of the molecule is CCS(=O)(=O)c1ccc(N2CCN[C@@H](C)C2)c([N+](=O)[O-])c1. The van der Waals surface area contributed by atoms with E-state index in [4.69, 9.17) is 0 Å². The Kier molecular flexibility index (Phi) is 4.48. The van der Waals surface area contributed by atoms with Crippen LogP contribution in [-0.2, 0) is 9.84 Å². The number of hydrogen-bond donors (Lipinski definition) is 1. The number of anilines is 1. The molecule has 8 heteroatoms. The molecule has 0 amide bonds. The molecule has 1 aromatic carbocycles. The van der Waals surface area contributed by atoms with Crippen LogP contribution in [0.5, 0.6) is 0 Å². The van der Waals surface area contributed by atoms with Gasteiger partial charge in [0.05, 0.1) is 15.6 Å². The fraction of sp³-hybridized carbons (Fsp3) is 0.538. The third-order valence-electron chi connectivity index (χ3n) is 3.59. The Morgan fingerprint density at radius 1 is 1.48 bits per heavy atom. The monoisotopic (exact) mass is 313 g/mol. The molecule has 0 aromatic heterocycles. The molecule has 0 saturated carbocycles.